The summed E-state index contributed by atoms with van der Waals surface area (Å²) in [5.41, 5.74) is 8.57. The fourth-order valence-corrected chi connectivity index (χ4v) is 7.61. The molecule has 0 bridgehead atoms. The Bertz CT molecular complexity index is 2670. The zero-order chi connectivity index (χ0) is 41.7. The standard InChI is InChI=1S/C31H28N3O.C15H18NSi.Ir/c1-18(2)22-10-8-11-23(19(3)4)30(22)34-29-20(5)32-16-15-26(29)33-31(34)21-13-14-28-25(17-21)24-9-6-7-12-27(24)35-28;1-12-5-7-13(8-6-12)15-10-9-14(11-16-15)17(2,3)4;/h6-12,14-19H,1-5H3;5-7,9-11H,1-4H3;/q2*-1;/i5D3;1D3;. The fourth-order valence-electron chi connectivity index (χ4n) is 6.57. The van der Waals surface area contributed by atoms with E-state index in [9.17, 15) is 0 Å². The van der Waals surface area contributed by atoms with Crippen LogP contribution in [-0.4, -0.2) is 27.6 Å². The summed E-state index contributed by atoms with van der Waals surface area (Å²) in [6.45, 7) is 11.0. The van der Waals surface area contributed by atoms with Crippen LogP contribution in [0.3, 0.4) is 0 Å². The quantitative estimate of drug-likeness (QED) is 0.123. The van der Waals surface area contributed by atoms with Gasteiger partial charge < -0.3 is 14.0 Å². The summed E-state index contributed by atoms with van der Waals surface area (Å²) in [4.78, 5) is 13.8. The first kappa shape index (κ1) is 30.7. The molecule has 1 radical (unpaired) electrons. The SMILES string of the molecule is [2H]C([2H])([2H])c1c[c-]c(-c2ccc([Si](C)(C)C)cn2)cc1.[2H]C([2H])([2H])c1nccc2nc(-c3[c-]cc4oc5ccccc5c4c3)n(-c3c(C(C)C)cccc3C(C)C)c12.[Ir]. The van der Waals surface area contributed by atoms with Crippen LogP contribution in [0.5, 0.6) is 0 Å². The van der Waals surface area contributed by atoms with Crippen molar-refractivity contribution in [3.8, 4) is 28.3 Å². The Hall–Kier alpha value is -4.68. The number of hydrogen-bond acceptors (Lipinski definition) is 4. The third-order valence-corrected chi connectivity index (χ3v) is 11.4. The number of fused-ring (bicyclic) bond motifs is 4. The molecule has 5 nitrogen and oxygen atoms in total. The number of aromatic nitrogens is 4. The molecule has 0 aliphatic rings. The van der Waals surface area contributed by atoms with Crippen LogP contribution < -0.4 is 5.19 Å². The van der Waals surface area contributed by atoms with Crippen LogP contribution in [0.4, 0.5) is 0 Å². The van der Waals surface area contributed by atoms with Crippen LogP contribution in [0.1, 0.15) is 70.1 Å². The topological polar surface area (TPSA) is 56.7 Å². The van der Waals surface area contributed by atoms with Crippen molar-refractivity contribution in [2.24, 2.45) is 0 Å². The maximum Gasteiger partial charge on any atom is 0.120 e. The van der Waals surface area contributed by atoms with E-state index in [1.54, 1.807) is 18.2 Å². The van der Waals surface area contributed by atoms with Gasteiger partial charge in [0.25, 0.3) is 0 Å². The molecule has 0 aliphatic carbocycles. The van der Waals surface area contributed by atoms with Gasteiger partial charge in [0.05, 0.1) is 36.2 Å². The maximum atomic E-state index is 8.29. The Balaban J connectivity index is 0.000000236. The molecular weight excluding hydrogens is 845 g/mol. The van der Waals surface area contributed by atoms with Gasteiger partial charge in [-0.1, -0.05) is 108 Å². The molecule has 0 fully saturated rings. The Morgan fingerprint density at radius 2 is 1.51 bits per heavy atom. The van der Waals surface area contributed by atoms with E-state index in [0.29, 0.717) is 22.4 Å². The van der Waals surface area contributed by atoms with Crippen molar-refractivity contribution >= 4 is 46.2 Å². The molecular formula is C46H46IrN4OSi-2. The third kappa shape index (κ3) is 7.57. The second kappa shape index (κ2) is 15.4. The maximum absolute atomic E-state index is 8.29. The van der Waals surface area contributed by atoms with E-state index in [-0.39, 0.29) is 37.6 Å². The summed E-state index contributed by atoms with van der Waals surface area (Å²) in [6, 6.07) is 35.3. The molecule has 4 heterocycles. The van der Waals surface area contributed by atoms with E-state index in [4.69, 9.17) is 17.6 Å². The molecule has 8 aromatic rings. The van der Waals surface area contributed by atoms with Crippen molar-refractivity contribution in [2.75, 3.05) is 0 Å². The predicted molar refractivity (Wildman–Crippen MR) is 220 cm³/mol. The first-order valence-electron chi connectivity index (χ1n) is 20.7. The largest absolute Gasteiger partial charge is 0.500 e. The second-order valence-electron chi connectivity index (χ2n) is 14.8. The van der Waals surface area contributed by atoms with Gasteiger partial charge >= 0.3 is 0 Å². The summed E-state index contributed by atoms with van der Waals surface area (Å²) < 4.78 is 55.0. The van der Waals surface area contributed by atoms with Crippen molar-refractivity contribution in [1.82, 2.24) is 19.5 Å². The van der Waals surface area contributed by atoms with E-state index < -0.39 is 21.8 Å². The minimum atomic E-state index is -2.41. The number of benzene rings is 4. The minimum absolute atomic E-state index is 0. The number of pyridine rings is 2. The summed E-state index contributed by atoms with van der Waals surface area (Å²) in [5.74, 6) is 1.03. The van der Waals surface area contributed by atoms with Gasteiger partial charge in [-0.15, -0.1) is 59.2 Å². The predicted octanol–water partition coefficient (Wildman–Crippen LogP) is 11.7. The Morgan fingerprint density at radius 3 is 2.15 bits per heavy atom. The van der Waals surface area contributed by atoms with E-state index in [0.717, 1.165) is 55.6 Å². The summed E-state index contributed by atoms with van der Waals surface area (Å²) in [6.07, 6.45) is 3.45. The van der Waals surface area contributed by atoms with Crippen LogP contribution in [0, 0.1) is 25.8 Å². The summed E-state index contributed by atoms with van der Waals surface area (Å²) in [7, 11) is -1.34. The second-order valence-corrected chi connectivity index (χ2v) is 19.9. The zero-order valence-corrected chi connectivity index (χ0v) is 34.4. The van der Waals surface area contributed by atoms with Gasteiger partial charge in [-0.3, -0.25) is 9.97 Å². The van der Waals surface area contributed by atoms with Crippen molar-refractivity contribution in [3.05, 3.63) is 138 Å². The number of nitrogens with zero attached hydrogens (tertiary/aromatic N) is 4. The monoisotopic (exact) mass is 897 g/mol. The van der Waals surface area contributed by atoms with Crippen LogP contribution in [0.25, 0.3) is 61.3 Å². The van der Waals surface area contributed by atoms with Gasteiger partial charge in [0.1, 0.15) is 5.58 Å². The molecule has 8 rings (SSSR count). The summed E-state index contributed by atoms with van der Waals surface area (Å²) in [5, 5.41) is 3.28. The van der Waals surface area contributed by atoms with E-state index in [1.165, 1.54) is 17.4 Å². The molecule has 0 spiro atoms. The van der Waals surface area contributed by atoms with E-state index >= 15 is 0 Å². The van der Waals surface area contributed by atoms with Crippen molar-refractivity contribution in [1.29, 1.82) is 0 Å². The van der Waals surface area contributed by atoms with E-state index in [1.807, 2.05) is 53.2 Å². The zero-order valence-electron chi connectivity index (χ0n) is 37.0. The van der Waals surface area contributed by atoms with Crippen molar-refractivity contribution in [3.63, 3.8) is 0 Å². The van der Waals surface area contributed by atoms with Gasteiger partial charge in [0.2, 0.25) is 0 Å². The van der Waals surface area contributed by atoms with Crippen LogP contribution in [-0.2, 0) is 20.1 Å². The smallest absolute Gasteiger partial charge is 0.120 e. The summed E-state index contributed by atoms with van der Waals surface area (Å²) >= 11 is 0. The fraction of sp³-hybridized carbons (Fsp3) is 0.239. The Labute approximate surface area is 336 Å². The molecule has 0 amide bonds. The molecule has 7 heteroatoms. The minimum Gasteiger partial charge on any atom is -0.500 e. The van der Waals surface area contributed by atoms with Crippen LogP contribution >= 0.6 is 0 Å². The number of imidazole rings is 1. The number of aryl methyl sites for hydroxylation is 2. The van der Waals surface area contributed by atoms with Gasteiger partial charge in [-0.25, -0.2) is 0 Å². The molecule has 4 aromatic heterocycles. The number of furan rings is 1. The molecule has 53 heavy (non-hydrogen) atoms. The number of para-hydroxylation sites is 2. The third-order valence-electron chi connectivity index (χ3n) is 9.40. The first-order chi connectivity index (χ1) is 27.3. The molecule has 0 N–H and O–H groups in total. The molecule has 0 saturated carbocycles. The first-order valence-corrected chi connectivity index (χ1v) is 21.2. The van der Waals surface area contributed by atoms with Gasteiger partial charge in [0, 0.05) is 51.8 Å². The van der Waals surface area contributed by atoms with E-state index in [2.05, 4.69) is 93.7 Å². The number of rotatable bonds is 6. The molecule has 0 atom stereocenters. The molecule has 4 aromatic carbocycles. The number of hydrogen-bond donors (Lipinski definition) is 0. The normalized spacial score (nSPS) is 13.8. The van der Waals surface area contributed by atoms with Crippen LogP contribution in [0.15, 0.2) is 108 Å². The van der Waals surface area contributed by atoms with Gasteiger partial charge in [-0.05, 0) is 52.8 Å². The van der Waals surface area contributed by atoms with Gasteiger partial charge in [0.15, 0.2) is 0 Å². The van der Waals surface area contributed by atoms with Crippen molar-refractivity contribution < 1.29 is 32.7 Å². The molecule has 0 aliphatic heterocycles. The molecule has 0 unspecified atom stereocenters. The average Bonchev–Trinajstić information content (AvgIpc) is 3.75. The van der Waals surface area contributed by atoms with Crippen LogP contribution in [0.2, 0.25) is 19.6 Å². The molecule has 0 saturated heterocycles. The van der Waals surface area contributed by atoms with Crippen molar-refractivity contribution in [2.45, 2.75) is 72.9 Å². The Kier molecular flexibility index (Phi) is 8.90. The average molecular weight is 897 g/mol. The van der Waals surface area contributed by atoms with Gasteiger partial charge in [-0.2, -0.15) is 0 Å². The molecule has 271 valence electrons. The Morgan fingerprint density at radius 1 is 0.755 bits per heavy atom.